The molecular weight excluding hydrogens is 278 g/mol. The predicted octanol–water partition coefficient (Wildman–Crippen LogP) is 1.30. The number of terminal acetylenes is 1. The second-order valence-corrected chi connectivity index (χ2v) is 4.51. The molecule has 0 spiro atoms. The Morgan fingerprint density at radius 3 is 3.10 bits per heavy atom. The summed E-state index contributed by atoms with van der Waals surface area (Å²) < 4.78 is 1.20. The summed E-state index contributed by atoms with van der Waals surface area (Å²) in [7, 11) is 0. The number of imidazole rings is 1. The fourth-order valence-corrected chi connectivity index (χ4v) is 1.92. The van der Waals surface area contributed by atoms with Crippen LogP contribution in [0.1, 0.15) is 12.2 Å². The normalized spacial score (nSPS) is 10.2. The first-order chi connectivity index (χ1) is 9.72. The number of rotatable bonds is 6. The zero-order valence-electron chi connectivity index (χ0n) is 10.8. The Kier molecular flexibility index (Phi) is 4.80. The fourth-order valence-electron chi connectivity index (χ4n) is 1.73. The molecule has 0 aliphatic carbocycles. The number of nitrogens with zero attached hydrogens (tertiary/aromatic N) is 3. The lowest BCUT2D eigenvalue weighted by molar-refractivity contribution is 0.663. The molecule has 0 aliphatic heterocycles. The first-order valence-electron chi connectivity index (χ1n) is 6.13. The smallest absolute Gasteiger partial charge is 0.292 e. The number of anilines is 1. The summed E-state index contributed by atoms with van der Waals surface area (Å²) in [5.74, 6) is 3.29. The predicted molar refractivity (Wildman–Crippen MR) is 77.7 cm³/mol. The number of nitrogens with one attached hydrogen (secondary N) is 2. The van der Waals surface area contributed by atoms with Crippen LogP contribution in [0.25, 0.3) is 0 Å². The zero-order chi connectivity index (χ0) is 14.4. The summed E-state index contributed by atoms with van der Waals surface area (Å²) in [6.07, 6.45) is 11.7. The molecule has 2 heterocycles. The van der Waals surface area contributed by atoms with Gasteiger partial charge in [-0.15, -0.1) is 6.42 Å². The molecule has 0 atom stereocenters. The van der Waals surface area contributed by atoms with Gasteiger partial charge in [-0.2, -0.15) is 5.10 Å². The van der Waals surface area contributed by atoms with Crippen molar-refractivity contribution in [2.45, 2.75) is 19.4 Å². The van der Waals surface area contributed by atoms with Gasteiger partial charge in [-0.3, -0.25) is 4.79 Å². The van der Waals surface area contributed by atoms with Gasteiger partial charge in [0, 0.05) is 25.4 Å². The van der Waals surface area contributed by atoms with Crippen molar-refractivity contribution in [3.63, 3.8) is 0 Å². The summed E-state index contributed by atoms with van der Waals surface area (Å²) >= 11 is 5.97. The molecule has 0 saturated carbocycles. The number of aromatic amines is 1. The number of H-pyrrole nitrogens is 1. The minimum atomic E-state index is -0.312. The summed E-state index contributed by atoms with van der Waals surface area (Å²) in [6.45, 7) is 0.729. The molecule has 2 aromatic heterocycles. The molecular formula is C13H14ClN5O. The minimum Gasteiger partial charge on any atom is -0.379 e. The van der Waals surface area contributed by atoms with Crippen molar-refractivity contribution in [2.75, 3.05) is 11.9 Å². The third kappa shape index (κ3) is 3.39. The van der Waals surface area contributed by atoms with Gasteiger partial charge >= 0.3 is 0 Å². The summed E-state index contributed by atoms with van der Waals surface area (Å²) in [5.41, 5.74) is 0.0183. The van der Waals surface area contributed by atoms with Gasteiger partial charge in [0.05, 0.1) is 11.2 Å². The van der Waals surface area contributed by atoms with Gasteiger partial charge in [0.25, 0.3) is 5.56 Å². The Balaban J connectivity index is 1.97. The molecule has 0 radical (unpaired) electrons. The van der Waals surface area contributed by atoms with Crippen molar-refractivity contribution in [1.29, 1.82) is 0 Å². The van der Waals surface area contributed by atoms with E-state index in [0.29, 0.717) is 17.3 Å². The average molecular weight is 292 g/mol. The Morgan fingerprint density at radius 1 is 1.55 bits per heavy atom. The monoisotopic (exact) mass is 291 g/mol. The van der Waals surface area contributed by atoms with Crippen molar-refractivity contribution in [2.24, 2.45) is 0 Å². The van der Waals surface area contributed by atoms with E-state index in [0.717, 1.165) is 18.7 Å². The SMILES string of the molecule is C#CCn1ncc(Cl)c(NCCCc2ncc[nH]2)c1=O. The highest BCUT2D eigenvalue weighted by atomic mass is 35.5. The van der Waals surface area contributed by atoms with Gasteiger partial charge < -0.3 is 10.3 Å². The van der Waals surface area contributed by atoms with Crippen LogP contribution in [0.2, 0.25) is 5.02 Å². The van der Waals surface area contributed by atoms with Crippen LogP contribution in [0.3, 0.4) is 0 Å². The second kappa shape index (κ2) is 6.78. The molecule has 104 valence electrons. The first kappa shape index (κ1) is 14.2. The standard InChI is InChI=1S/C13H14ClN5O/c1-2-8-19-13(20)12(10(14)9-18-19)17-5-3-4-11-15-6-7-16-11/h1,6-7,9,17H,3-5,8H2,(H,15,16). The van der Waals surface area contributed by atoms with Gasteiger partial charge in [0.15, 0.2) is 0 Å². The third-order valence-electron chi connectivity index (χ3n) is 2.69. The largest absolute Gasteiger partial charge is 0.379 e. The number of halogens is 1. The molecule has 0 aliphatic rings. The molecule has 2 aromatic rings. The van der Waals surface area contributed by atoms with Crippen LogP contribution in [0.4, 0.5) is 5.69 Å². The Labute approximate surface area is 121 Å². The topological polar surface area (TPSA) is 75.6 Å². The zero-order valence-corrected chi connectivity index (χ0v) is 11.5. The van der Waals surface area contributed by atoms with Gasteiger partial charge in [0.2, 0.25) is 0 Å². The van der Waals surface area contributed by atoms with E-state index in [1.165, 1.54) is 10.9 Å². The highest BCUT2D eigenvalue weighted by Crippen LogP contribution is 2.14. The maximum atomic E-state index is 12.0. The van der Waals surface area contributed by atoms with Crippen LogP contribution in [-0.2, 0) is 13.0 Å². The van der Waals surface area contributed by atoms with Crippen molar-refractivity contribution < 1.29 is 0 Å². The Hall–Kier alpha value is -2.26. The van der Waals surface area contributed by atoms with E-state index in [1.54, 1.807) is 12.4 Å². The van der Waals surface area contributed by atoms with Crippen molar-refractivity contribution in [1.82, 2.24) is 19.7 Å². The number of aryl methyl sites for hydroxylation is 1. The van der Waals surface area contributed by atoms with Gasteiger partial charge in [-0.1, -0.05) is 17.5 Å². The van der Waals surface area contributed by atoms with Gasteiger partial charge in [-0.05, 0) is 6.42 Å². The summed E-state index contributed by atoms with van der Waals surface area (Å²) in [5, 5.41) is 7.19. The molecule has 0 saturated heterocycles. The van der Waals surface area contributed by atoms with Gasteiger partial charge in [-0.25, -0.2) is 9.67 Å². The quantitative estimate of drug-likeness (QED) is 0.621. The Bertz CT molecular complexity index is 656. The maximum absolute atomic E-state index is 12.0. The Morgan fingerprint density at radius 2 is 2.40 bits per heavy atom. The van der Waals surface area contributed by atoms with E-state index in [1.807, 2.05) is 0 Å². The van der Waals surface area contributed by atoms with Crippen molar-refractivity contribution in [3.05, 3.63) is 39.8 Å². The van der Waals surface area contributed by atoms with E-state index < -0.39 is 0 Å². The lowest BCUT2D eigenvalue weighted by Gasteiger charge is -2.08. The van der Waals surface area contributed by atoms with Crippen LogP contribution < -0.4 is 10.9 Å². The van der Waals surface area contributed by atoms with E-state index >= 15 is 0 Å². The van der Waals surface area contributed by atoms with Gasteiger partial charge in [0.1, 0.15) is 18.1 Å². The maximum Gasteiger partial charge on any atom is 0.292 e. The van der Waals surface area contributed by atoms with Crippen LogP contribution in [-0.4, -0.2) is 26.3 Å². The highest BCUT2D eigenvalue weighted by molar-refractivity contribution is 6.32. The first-order valence-corrected chi connectivity index (χ1v) is 6.51. The lowest BCUT2D eigenvalue weighted by Crippen LogP contribution is -2.26. The van der Waals surface area contributed by atoms with Crippen LogP contribution >= 0.6 is 11.6 Å². The van der Waals surface area contributed by atoms with E-state index in [2.05, 4.69) is 26.3 Å². The van der Waals surface area contributed by atoms with E-state index in [-0.39, 0.29) is 12.1 Å². The molecule has 0 unspecified atom stereocenters. The summed E-state index contributed by atoms with van der Waals surface area (Å²) in [6, 6.07) is 0. The molecule has 6 nitrogen and oxygen atoms in total. The lowest BCUT2D eigenvalue weighted by atomic mass is 10.3. The van der Waals surface area contributed by atoms with Crippen LogP contribution in [0, 0.1) is 12.3 Å². The van der Waals surface area contributed by atoms with Crippen molar-refractivity contribution in [3.8, 4) is 12.3 Å². The second-order valence-electron chi connectivity index (χ2n) is 4.10. The molecule has 0 bridgehead atoms. The fraction of sp³-hybridized carbons (Fsp3) is 0.308. The average Bonchev–Trinajstić information content (AvgIpc) is 2.94. The molecule has 20 heavy (non-hydrogen) atoms. The molecule has 0 aromatic carbocycles. The number of hydrogen-bond acceptors (Lipinski definition) is 4. The number of hydrogen-bond donors (Lipinski definition) is 2. The highest BCUT2D eigenvalue weighted by Gasteiger charge is 2.08. The molecule has 2 N–H and O–H groups in total. The van der Waals surface area contributed by atoms with E-state index in [9.17, 15) is 4.79 Å². The minimum absolute atomic E-state index is 0.122. The summed E-state index contributed by atoms with van der Waals surface area (Å²) in [4.78, 5) is 19.2. The van der Waals surface area contributed by atoms with Crippen molar-refractivity contribution >= 4 is 17.3 Å². The van der Waals surface area contributed by atoms with Crippen LogP contribution in [0.15, 0.2) is 23.4 Å². The molecule has 7 heteroatoms. The molecule has 0 fully saturated rings. The molecule has 0 amide bonds. The third-order valence-corrected chi connectivity index (χ3v) is 2.97. The van der Waals surface area contributed by atoms with Crippen LogP contribution in [0.5, 0.6) is 0 Å². The molecule has 2 rings (SSSR count). The van der Waals surface area contributed by atoms with E-state index in [4.69, 9.17) is 18.0 Å². The number of aromatic nitrogens is 4.